The van der Waals surface area contributed by atoms with E-state index >= 15 is 0 Å². The van der Waals surface area contributed by atoms with Crippen molar-refractivity contribution in [2.45, 2.75) is 25.7 Å². The zero-order valence-electron chi connectivity index (χ0n) is 11.9. The Morgan fingerprint density at radius 3 is 2.60 bits per heavy atom. The van der Waals surface area contributed by atoms with E-state index < -0.39 is 0 Å². The predicted octanol–water partition coefficient (Wildman–Crippen LogP) is 3.77. The minimum absolute atomic E-state index is 0.242. The molecule has 0 fully saturated rings. The van der Waals surface area contributed by atoms with Crippen molar-refractivity contribution in [2.75, 3.05) is 13.6 Å². The third kappa shape index (κ3) is 4.82. The molecule has 0 saturated heterocycles. The summed E-state index contributed by atoms with van der Waals surface area (Å²) in [7, 11) is 1.90. The molecule has 1 aromatic heterocycles. The molecule has 2 rings (SSSR count). The summed E-state index contributed by atoms with van der Waals surface area (Å²) >= 11 is 1.72. The molecule has 0 radical (unpaired) electrons. The molecule has 0 bridgehead atoms. The summed E-state index contributed by atoms with van der Waals surface area (Å²) in [5.41, 5.74) is 1.34. The minimum atomic E-state index is 0.242. The van der Waals surface area contributed by atoms with Crippen LogP contribution in [0.2, 0.25) is 0 Å². The fraction of sp³-hybridized carbons (Fsp3) is 0.353. The van der Waals surface area contributed by atoms with Gasteiger partial charge in [0.2, 0.25) is 5.91 Å². The molecule has 0 saturated carbocycles. The molecule has 2 aromatic rings. The number of amides is 1. The van der Waals surface area contributed by atoms with E-state index in [2.05, 4.69) is 35.7 Å². The van der Waals surface area contributed by atoms with Crippen LogP contribution in [0, 0.1) is 0 Å². The summed E-state index contributed by atoms with van der Waals surface area (Å²) in [6.07, 6.45) is 3.52. The second kappa shape index (κ2) is 7.85. The molecular formula is C17H21NOS. The van der Waals surface area contributed by atoms with Crippen LogP contribution in [0.3, 0.4) is 0 Å². The van der Waals surface area contributed by atoms with Gasteiger partial charge in [-0.3, -0.25) is 4.79 Å². The molecule has 0 N–H and O–H groups in total. The van der Waals surface area contributed by atoms with Crippen molar-refractivity contribution >= 4 is 17.2 Å². The van der Waals surface area contributed by atoms with Crippen LogP contribution >= 0.6 is 11.3 Å². The van der Waals surface area contributed by atoms with E-state index in [1.165, 1.54) is 10.4 Å². The van der Waals surface area contributed by atoms with Gasteiger partial charge in [0.05, 0.1) is 0 Å². The molecule has 106 valence electrons. The van der Waals surface area contributed by atoms with Gasteiger partial charge in [0.25, 0.3) is 0 Å². The number of carbonyl (C=O) groups excluding carboxylic acids is 1. The standard InChI is InChI=1S/C17H21NOS/c1-18(13-5-9-15-7-3-2-4-8-15)17(19)12-11-16-10-6-14-20-16/h2-4,6-8,10,14H,5,9,11-13H2,1H3. The summed E-state index contributed by atoms with van der Waals surface area (Å²) in [5, 5.41) is 2.06. The molecular weight excluding hydrogens is 266 g/mol. The van der Waals surface area contributed by atoms with Gasteiger partial charge in [-0.2, -0.15) is 0 Å². The number of rotatable bonds is 7. The first-order valence-corrected chi connectivity index (χ1v) is 7.94. The van der Waals surface area contributed by atoms with Gasteiger partial charge >= 0.3 is 0 Å². The van der Waals surface area contributed by atoms with Crippen molar-refractivity contribution in [1.29, 1.82) is 0 Å². The van der Waals surface area contributed by atoms with Crippen molar-refractivity contribution in [3.63, 3.8) is 0 Å². The zero-order chi connectivity index (χ0) is 14.2. The predicted molar refractivity (Wildman–Crippen MR) is 85.0 cm³/mol. The highest BCUT2D eigenvalue weighted by Gasteiger charge is 2.08. The smallest absolute Gasteiger partial charge is 0.222 e. The number of hydrogen-bond acceptors (Lipinski definition) is 2. The Bertz CT molecular complexity index is 507. The lowest BCUT2D eigenvalue weighted by Gasteiger charge is -2.16. The van der Waals surface area contributed by atoms with Gasteiger partial charge < -0.3 is 4.90 Å². The molecule has 1 heterocycles. The first-order valence-electron chi connectivity index (χ1n) is 7.06. The third-order valence-corrected chi connectivity index (χ3v) is 4.33. The number of thiophene rings is 1. The number of aryl methyl sites for hydroxylation is 2. The molecule has 0 aliphatic rings. The summed E-state index contributed by atoms with van der Waals surface area (Å²) in [6.45, 7) is 0.832. The maximum Gasteiger partial charge on any atom is 0.222 e. The van der Waals surface area contributed by atoms with E-state index in [-0.39, 0.29) is 5.91 Å². The quantitative estimate of drug-likeness (QED) is 0.759. The molecule has 0 spiro atoms. The Kier molecular flexibility index (Phi) is 5.81. The van der Waals surface area contributed by atoms with E-state index in [0.717, 1.165) is 25.8 Å². The van der Waals surface area contributed by atoms with Crippen molar-refractivity contribution in [2.24, 2.45) is 0 Å². The van der Waals surface area contributed by atoms with E-state index in [0.29, 0.717) is 6.42 Å². The number of nitrogens with zero attached hydrogens (tertiary/aromatic N) is 1. The fourth-order valence-corrected chi connectivity index (χ4v) is 2.87. The zero-order valence-corrected chi connectivity index (χ0v) is 12.7. The average molecular weight is 287 g/mol. The molecule has 2 nitrogen and oxygen atoms in total. The summed E-state index contributed by atoms with van der Waals surface area (Å²) in [4.78, 5) is 15.2. The van der Waals surface area contributed by atoms with Crippen LogP contribution in [0.15, 0.2) is 47.8 Å². The Morgan fingerprint density at radius 1 is 1.10 bits per heavy atom. The van der Waals surface area contributed by atoms with Crippen LogP contribution in [0.4, 0.5) is 0 Å². The van der Waals surface area contributed by atoms with Gasteiger partial charge in [-0.1, -0.05) is 36.4 Å². The fourth-order valence-electron chi connectivity index (χ4n) is 2.17. The molecule has 0 atom stereocenters. The normalized spacial score (nSPS) is 10.4. The molecule has 1 aromatic carbocycles. The van der Waals surface area contributed by atoms with Gasteiger partial charge in [-0.15, -0.1) is 11.3 Å². The van der Waals surface area contributed by atoms with Crippen LogP contribution in [0.1, 0.15) is 23.3 Å². The number of benzene rings is 1. The van der Waals surface area contributed by atoms with Crippen molar-refractivity contribution in [3.05, 3.63) is 58.3 Å². The Balaban J connectivity index is 1.66. The second-order valence-corrected chi connectivity index (χ2v) is 6.02. The molecule has 0 unspecified atom stereocenters. The molecule has 3 heteroatoms. The van der Waals surface area contributed by atoms with Crippen LogP contribution in [0.25, 0.3) is 0 Å². The van der Waals surface area contributed by atoms with E-state index in [1.54, 1.807) is 11.3 Å². The van der Waals surface area contributed by atoms with Gasteiger partial charge in [0, 0.05) is 24.9 Å². The van der Waals surface area contributed by atoms with Crippen LogP contribution in [-0.4, -0.2) is 24.4 Å². The van der Waals surface area contributed by atoms with E-state index in [1.807, 2.05) is 24.1 Å². The van der Waals surface area contributed by atoms with Crippen LogP contribution in [0.5, 0.6) is 0 Å². The second-order valence-electron chi connectivity index (χ2n) is 4.98. The lowest BCUT2D eigenvalue weighted by molar-refractivity contribution is -0.129. The Hall–Kier alpha value is -1.61. The highest BCUT2D eigenvalue weighted by atomic mass is 32.1. The van der Waals surface area contributed by atoms with Crippen molar-refractivity contribution < 1.29 is 4.79 Å². The Morgan fingerprint density at radius 2 is 1.90 bits per heavy atom. The van der Waals surface area contributed by atoms with Crippen molar-refractivity contribution in [1.82, 2.24) is 4.90 Å². The third-order valence-electron chi connectivity index (χ3n) is 3.39. The lowest BCUT2D eigenvalue weighted by Crippen LogP contribution is -2.28. The van der Waals surface area contributed by atoms with Crippen LogP contribution < -0.4 is 0 Å². The summed E-state index contributed by atoms with van der Waals surface area (Å²) in [5.74, 6) is 0.242. The highest BCUT2D eigenvalue weighted by Crippen LogP contribution is 2.11. The molecule has 1 amide bonds. The Labute approximate surface area is 125 Å². The first-order chi connectivity index (χ1) is 9.75. The summed E-state index contributed by atoms with van der Waals surface area (Å²) in [6, 6.07) is 14.6. The van der Waals surface area contributed by atoms with Gasteiger partial charge in [0.15, 0.2) is 0 Å². The van der Waals surface area contributed by atoms with Gasteiger partial charge in [-0.25, -0.2) is 0 Å². The topological polar surface area (TPSA) is 20.3 Å². The number of hydrogen-bond donors (Lipinski definition) is 0. The van der Waals surface area contributed by atoms with Crippen molar-refractivity contribution in [3.8, 4) is 0 Å². The SMILES string of the molecule is CN(CCCc1ccccc1)C(=O)CCc1cccs1. The van der Waals surface area contributed by atoms with E-state index in [4.69, 9.17) is 0 Å². The van der Waals surface area contributed by atoms with E-state index in [9.17, 15) is 4.79 Å². The molecule has 0 aliphatic carbocycles. The molecule has 20 heavy (non-hydrogen) atoms. The monoisotopic (exact) mass is 287 g/mol. The maximum atomic E-state index is 12.0. The lowest BCUT2D eigenvalue weighted by atomic mass is 10.1. The average Bonchev–Trinajstić information content (AvgIpc) is 2.99. The van der Waals surface area contributed by atoms with Gasteiger partial charge in [-0.05, 0) is 36.3 Å². The number of carbonyl (C=O) groups is 1. The first kappa shape index (κ1) is 14.8. The largest absolute Gasteiger partial charge is 0.346 e. The van der Waals surface area contributed by atoms with Gasteiger partial charge in [0.1, 0.15) is 0 Å². The maximum absolute atomic E-state index is 12.0. The minimum Gasteiger partial charge on any atom is -0.346 e. The van der Waals surface area contributed by atoms with Crippen LogP contribution in [-0.2, 0) is 17.6 Å². The highest BCUT2D eigenvalue weighted by molar-refractivity contribution is 7.09. The summed E-state index contributed by atoms with van der Waals surface area (Å²) < 4.78 is 0. The molecule has 0 aliphatic heterocycles.